The summed E-state index contributed by atoms with van der Waals surface area (Å²) in [5.74, 6) is -1.57. The summed E-state index contributed by atoms with van der Waals surface area (Å²) >= 11 is 10.4. The van der Waals surface area contributed by atoms with Gasteiger partial charge in [-0.1, -0.05) is 41.0 Å². The van der Waals surface area contributed by atoms with E-state index in [1.165, 1.54) is 24.3 Å². The number of ketones is 1. The fraction of sp³-hybridized carbons (Fsp3) is 0.167. The minimum atomic E-state index is -4.58. The van der Waals surface area contributed by atoms with Gasteiger partial charge in [0.15, 0.2) is 5.78 Å². The van der Waals surface area contributed by atoms with Crippen LogP contribution >= 0.6 is 23.2 Å². The van der Waals surface area contributed by atoms with Gasteiger partial charge in [0.25, 0.3) is 0 Å². The van der Waals surface area contributed by atoms with E-state index in [1.807, 2.05) is 0 Å². The molecule has 0 aliphatic carbocycles. The van der Waals surface area contributed by atoms with E-state index in [-0.39, 0.29) is 29.4 Å². The van der Waals surface area contributed by atoms with Crippen LogP contribution in [0.3, 0.4) is 0 Å². The molecule has 3 rings (SSSR count). The molecule has 158 valence electrons. The number of Topliss-reactive ketones (excluding diaryl/α,β-unsaturated/α-hetero) is 1. The van der Waals surface area contributed by atoms with Gasteiger partial charge in [0.2, 0.25) is 5.82 Å². The molecular formula is C18H10Cl2F5N3O2. The van der Waals surface area contributed by atoms with Gasteiger partial charge in [-0.3, -0.25) is 4.79 Å². The van der Waals surface area contributed by atoms with Crippen molar-refractivity contribution in [1.82, 2.24) is 10.1 Å². The summed E-state index contributed by atoms with van der Waals surface area (Å²) in [5, 5.41) is 1.79. The van der Waals surface area contributed by atoms with Crippen molar-refractivity contribution in [2.45, 2.75) is 11.6 Å². The molecule has 0 radical (unpaired) electrons. The van der Waals surface area contributed by atoms with E-state index < -0.39 is 28.0 Å². The van der Waals surface area contributed by atoms with Gasteiger partial charge in [0.1, 0.15) is 0 Å². The van der Waals surface area contributed by atoms with E-state index in [1.54, 1.807) is 0 Å². The number of aromatic nitrogens is 2. The number of halogens is 7. The third-order valence-corrected chi connectivity index (χ3v) is 4.34. The number of hydrogen-bond acceptors (Lipinski definition) is 5. The molecule has 1 aromatic heterocycles. The minimum Gasteiger partial charge on any atom is -0.378 e. The van der Waals surface area contributed by atoms with Gasteiger partial charge < -0.3 is 9.84 Å². The number of nitrogens with one attached hydrogen (secondary N) is 1. The Kier molecular flexibility index (Phi) is 6.00. The summed E-state index contributed by atoms with van der Waals surface area (Å²) in [7, 11) is 0. The monoisotopic (exact) mass is 465 g/mol. The van der Waals surface area contributed by atoms with Gasteiger partial charge in [-0.15, -0.1) is 0 Å². The molecule has 5 nitrogen and oxygen atoms in total. The van der Waals surface area contributed by atoms with E-state index in [4.69, 9.17) is 23.2 Å². The Balaban J connectivity index is 1.65. The molecule has 0 atom stereocenters. The van der Waals surface area contributed by atoms with Crippen molar-refractivity contribution < 1.29 is 31.3 Å². The second-order valence-corrected chi connectivity index (χ2v) is 6.85. The van der Waals surface area contributed by atoms with E-state index in [0.29, 0.717) is 5.56 Å². The molecule has 2 aromatic carbocycles. The first kappa shape index (κ1) is 22.0. The van der Waals surface area contributed by atoms with Gasteiger partial charge in [-0.2, -0.15) is 26.9 Å². The Labute approximate surface area is 175 Å². The van der Waals surface area contributed by atoms with Crippen LogP contribution < -0.4 is 5.32 Å². The Morgan fingerprint density at radius 1 is 1.07 bits per heavy atom. The minimum absolute atomic E-state index is 0.137. The molecule has 30 heavy (non-hydrogen) atoms. The lowest BCUT2D eigenvalue weighted by atomic mass is 10.1. The number of carbonyl (C=O) groups is 1. The topological polar surface area (TPSA) is 68.0 Å². The smallest absolute Gasteiger partial charge is 0.378 e. The molecule has 0 amide bonds. The fourth-order valence-electron chi connectivity index (χ4n) is 2.40. The average Bonchev–Trinajstić information content (AvgIpc) is 3.16. The summed E-state index contributed by atoms with van der Waals surface area (Å²) in [5.41, 5.74) is -0.173. The Morgan fingerprint density at radius 3 is 2.27 bits per heavy atom. The standard InChI is InChI=1S/C18H10Cl2F5N3O2/c19-13-7-11(5-6-12(13)18(23,24)25)26-8-14(29)9-1-3-10(4-2-9)15-27-16(30-28-15)17(20,21)22/h1-7,26H,8H2. The average molecular weight is 466 g/mol. The summed E-state index contributed by atoms with van der Waals surface area (Å²) < 4.78 is 68.4. The highest BCUT2D eigenvalue weighted by Crippen LogP contribution is 2.36. The van der Waals surface area contributed by atoms with Crippen molar-refractivity contribution in [2.75, 3.05) is 11.9 Å². The first-order valence-corrected chi connectivity index (χ1v) is 8.86. The SMILES string of the molecule is O=C(CNc1ccc(C(F)(F)F)c(Cl)c1)c1ccc(-c2noc(C(F)(F)Cl)n2)cc1. The third-order valence-electron chi connectivity index (χ3n) is 3.86. The first-order valence-electron chi connectivity index (χ1n) is 8.10. The van der Waals surface area contributed by atoms with E-state index in [0.717, 1.165) is 18.2 Å². The van der Waals surface area contributed by atoms with E-state index >= 15 is 0 Å². The maximum atomic E-state index is 12.9. The van der Waals surface area contributed by atoms with Crippen LogP contribution in [0.2, 0.25) is 5.02 Å². The molecule has 0 fully saturated rings. The highest BCUT2D eigenvalue weighted by Gasteiger charge is 2.36. The summed E-state index contributed by atoms with van der Waals surface area (Å²) in [6.45, 7) is -0.216. The molecule has 1 N–H and O–H groups in total. The van der Waals surface area contributed by atoms with Gasteiger partial charge >= 0.3 is 17.4 Å². The number of hydrogen-bond donors (Lipinski definition) is 1. The molecule has 1 heterocycles. The van der Waals surface area contributed by atoms with Crippen LogP contribution in [0.15, 0.2) is 47.0 Å². The highest BCUT2D eigenvalue weighted by atomic mass is 35.5. The zero-order valence-electron chi connectivity index (χ0n) is 14.6. The summed E-state index contributed by atoms with van der Waals surface area (Å²) in [4.78, 5) is 15.8. The lowest BCUT2D eigenvalue weighted by molar-refractivity contribution is -0.137. The third kappa shape index (κ3) is 5.06. The van der Waals surface area contributed by atoms with Gasteiger partial charge in [0.05, 0.1) is 17.1 Å². The number of alkyl halides is 6. The Bertz CT molecular complexity index is 1060. The normalized spacial score (nSPS) is 12.1. The van der Waals surface area contributed by atoms with Crippen molar-refractivity contribution in [3.8, 4) is 11.4 Å². The molecule has 0 bridgehead atoms. The van der Waals surface area contributed by atoms with Crippen LogP contribution in [0.1, 0.15) is 21.8 Å². The zero-order chi connectivity index (χ0) is 22.1. The van der Waals surface area contributed by atoms with Crippen molar-refractivity contribution in [3.63, 3.8) is 0 Å². The number of rotatable bonds is 6. The Hall–Kier alpha value is -2.72. The molecule has 12 heteroatoms. The number of anilines is 1. The molecule has 0 saturated carbocycles. The van der Waals surface area contributed by atoms with Crippen LogP contribution in [0, 0.1) is 0 Å². The molecule has 0 unspecified atom stereocenters. The van der Waals surface area contributed by atoms with Crippen LogP contribution in [0.5, 0.6) is 0 Å². The van der Waals surface area contributed by atoms with Crippen LogP contribution in [-0.4, -0.2) is 22.5 Å². The molecule has 3 aromatic rings. The summed E-state index contributed by atoms with van der Waals surface area (Å²) in [6.07, 6.45) is -4.58. The maximum Gasteiger partial charge on any atom is 0.417 e. The molecular weight excluding hydrogens is 456 g/mol. The van der Waals surface area contributed by atoms with Gasteiger partial charge in [-0.05, 0) is 29.8 Å². The number of benzene rings is 2. The fourth-order valence-corrected chi connectivity index (χ4v) is 2.76. The van der Waals surface area contributed by atoms with E-state index in [2.05, 4.69) is 20.0 Å². The molecule has 0 saturated heterocycles. The van der Waals surface area contributed by atoms with Crippen LogP contribution in [0.4, 0.5) is 27.6 Å². The number of carbonyl (C=O) groups excluding carboxylic acids is 1. The lowest BCUT2D eigenvalue weighted by Crippen LogP contribution is -2.14. The van der Waals surface area contributed by atoms with E-state index in [9.17, 15) is 26.7 Å². The predicted molar refractivity (Wildman–Crippen MR) is 98.8 cm³/mol. The van der Waals surface area contributed by atoms with Gasteiger partial charge in [-0.25, -0.2) is 0 Å². The Morgan fingerprint density at radius 2 is 1.73 bits per heavy atom. The van der Waals surface area contributed by atoms with Crippen molar-refractivity contribution in [3.05, 3.63) is 64.5 Å². The lowest BCUT2D eigenvalue weighted by Gasteiger charge is -2.11. The first-order chi connectivity index (χ1) is 13.9. The highest BCUT2D eigenvalue weighted by molar-refractivity contribution is 6.31. The predicted octanol–water partition coefficient (Wildman–Crippen LogP) is 5.99. The molecule has 0 spiro atoms. The van der Waals surface area contributed by atoms with Crippen LogP contribution in [0.25, 0.3) is 11.4 Å². The quantitative estimate of drug-likeness (QED) is 0.275. The second kappa shape index (κ2) is 8.19. The number of nitrogens with zero attached hydrogens (tertiary/aromatic N) is 2. The van der Waals surface area contributed by atoms with Gasteiger partial charge in [0, 0.05) is 16.8 Å². The van der Waals surface area contributed by atoms with Crippen LogP contribution in [-0.2, 0) is 11.6 Å². The molecule has 0 aliphatic rings. The van der Waals surface area contributed by atoms with Crippen molar-refractivity contribution in [1.29, 1.82) is 0 Å². The summed E-state index contributed by atoms with van der Waals surface area (Å²) in [6, 6.07) is 8.70. The second-order valence-electron chi connectivity index (χ2n) is 5.97. The largest absolute Gasteiger partial charge is 0.417 e. The van der Waals surface area contributed by atoms with Crippen molar-refractivity contribution >= 4 is 34.7 Å². The van der Waals surface area contributed by atoms with Crippen molar-refractivity contribution in [2.24, 2.45) is 0 Å². The molecule has 0 aliphatic heterocycles. The maximum absolute atomic E-state index is 12.9. The zero-order valence-corrected chi connectivity index (χ0v) is 16.1.